The molecule has 0 saturated carbocycles. The molecule has 0 saturated heterocycles. The number of nitrogens with zero attached hydrogens (tertiary/aromatic N) is 4. The second-order valence-electron chi connectivity index (χ2n) is 5.56. The van der Waals surface area contributed by atoms with Gasteiger partial charge in [-0.2, -0.15) is 0 Å². The Morgan fingerprint density at radius 1 is 0.826 bits per heavy atom. The molecule has 0 bridgehead atoms. The van der Waals surface area contributed by atoms with Crippen molar-refractivity contribution in [2.24, 2.45) is 0 Å². The van der Waals surface area contributed by atoms with Gasteiger partial charge in [0.1, 0.15) is 12.2 Å². The Morgan fingerprint density at radius 3 is 1.78 bits per heavy atom. The summed E-state index contributed by atoms with van der Waals surface area (Å²) in [7, 11) is 2.17. The van der Waals surface area contributed by atoms with E-state index in [9.17, 15) is 0 Å². The Morgan fingerprint density at radius 2 is 1.48 bits per heavy atom. The Hall–Kier alpha value is -2.10. The normalized spacial score (nSPS) is 11.6. The molecule has 2 aromatic heterocycles. The van der Waals surface area contributed by atoms with E-state index in [0.717, 1.165) is 22.6 Å². The first-order chi connectivity index (χ1) is 10.9. The molecule has 0 spiro atoms. The van der Waals surface area contributed by atoms with Crippen LogP contribution in [0.25, 0.3) is 0 Å². The van der Waals surface area contributed by atoms with Gasteiger partial charge in [-0.1, -0.05) is 0 Å². The largest absolute Gasteiger partial charge is 0.245 e. The van der Waals surface area contributed by atoms with E-state index in [0.29, 0.717) is 0 Å². The van der Waals surface area contributed by atoms with Gasteiger partial charge in [-0.05, 0) is 38.8 Å². The smallest absolute Gasteiger partial charge is 0.125 e. The summed E-state index contributed by atoms with van der Waals surface area (Å²) in [5, 5.41) is 1.36. The quantitative estimate of drug-likeness (QED) is 0.702. The topological polar surface area (TPSA) is 51.6 Å². The average molecular weight is 305 g/mol. The minimum atomic E-state index is 0.829. The fourth-order valence-corrected chi connectivity index (χ4v) is 1.64. The third kappa shape index (κ3) is 8.19. The van der Waals surface area contributed by atoms with E-state index in [-0.39, 0.29) is 0 Å². The number of aryl methyl sites for hydroxylation is 4. The first kappa shape index (κ1) is 18.9. The van der Waals surface area contributed by atoms with Crippen LogP contribution in [-0.2, 0) is 0 Å². The van der Waals surface area contributed by atoms with E-state index < -0.39 is 0 Å². The van der Waals surface area contributed by atoms with E-state index >= 15 is 0 Å². The van der Waals surface area contributed by atoms with Gasteiger partial charge in [0.2, 0.25) is 0 Å². The van der Waals surface area contributed by atoms with E-state index in [4.69, 9.17) is 0 Å². The molecule has 3 heterocycles. The molecule has 3 rings (SSSR count). The molecule has 1 aliphatic heterocycles. The van der Waals surface area contributed by atoms with E-state index in [2.05, 4.69) is 54.0 Å². The van der Waals surface area contributed by atoms with Crippen LogP contribution < -0.4 is 0 Å². The van der Waals surface area contributed by atoms with Gasteiger partial charge in [-0.15, -0.1) is 0 Å². The molecule has 0 amide bonds. The Balaban J connectivity index is 0.000000173. The number of allylic oxidation sites excluding steroid dienone is 1. The molecule has 23 heavy (non-hydrogen) atoms. The van der Waals surface area contributed by atoms with Crippen molar-refractivity contribution in [3.8, 4) is 0 Å². The third-order valence-electron chi connectivity index (χ3n) is 3.13. The summed E-state index contributed by atoms with van der Waals surface area (Å²) in [6, 6.07) is 0. The van der Waals surface area contributed by atoms with Crippen molar-refractivity contribution in [3.63, 3.8) is 0 Å². The summed E-state index contributed by atoms with van der Waals surface area (Å²) >= 11 is 0. The van der Waals surface area contributed by atoms with Crippen molar-refractivity contribution in [3.05, 3.63) is 59.0 Å². The Kier molecular flexibility index (Phi) is 8.09. The number of aromatic nitrogens is 4. The van der Waals surface area contributed by atoms with Gasteiger partial charge in [-0.25, -0.2) is 19.9 Å². The molecule has 1 aliphatic rings. The zero-order chi connectivity index (χ0) is 17.2. The predicted molar refractivity (Wildman–Crippen MR) is 99.0 cm³/mol. The maximum atomic E-state index is 3.97. The van der Waals surface area contributed by atoms with Crippen molar-refractivity contribution in [1.82, 2.24) is 19.9 Å². The molecule has 0 unspecified atom stereocenters. The van der Waals surface area contributed by atoms with Crippen molar-refractivity contribution >= 4 is 19.6 Å². The molecule has 4 nitrogen and oxygen atoms in total. The Bertz CT molecular complexity index is 621. The molecular formula is C17H23B2N4. The van der Waals surface area contributed by atoms with Crippen LogP contribution in [0.2, 0.25) is 0 Å². The minimum Gasteiger partial charge on any atom is -0.245 e. The molecule has 0 fully saturated rings. The summed E-state index contributed by atoms with van der Waals surface area (Å²) in [5.74, 6) is 2.95. The van der Waals surface area contributed by atoms with Gasteiger partial charge in [0.25, 0.3) is 0 Å². The standard InChI is InChI=1S/2C6H8N2.C5H7B2/c1-5-3-7-4-8-6(5)2;1-5-3-7-6(2)8-4-5;1-4-3-6-5(2)7-4/h2*3-4H,1-2H3;3H,1-2H3. The Labute approximate surface area is 140 Å². The van der Waals surface area contributed by atoms with Crippen LogP contribution in [0.3, 0.4) is 0 Å². The van der Waals surface area contributed by atoms with Crippen LogP contribution in [0.1, 0.15) is 36.5 Å². The van der Waals surface area contributed by atoms with Crippen LogP contribution in [0, 0.1) is 27.7 Å². The van der Waals surface area contributed by atoms with Crippen LogP contribution in [0.4, 0.5) is 0 Å². The first-order valence-corrected chi connectivity index (χ1v) is 7.57. The molecule has 0 N–H and O–H groups in total. The molecule has 0 aromatic carbocycles. The van der Waals surface area contributed by atoms with Gasteiger partial charge in [-0.3, -0.25) is 0 Å². The summed E-state index contributed by atoms with van der Waals surface area (Å²) in [6.07, 6.45) is 6.98. The summed E-state index contributed by atoms with van der Waals surface area (Å²) < 4.78 is 0. The van der Waals surface area contributed by atoms with E-state index in [1.165, 1.54) is 10.8 Å². The van der Waals surface area contributed by atoms with Gasteiger partial charge in [0, 0.05) is 24.3 Å². The maximum Gasteiger partial charge on any atom is 0.125 e. The minimum absolute atomic E-state index is 0.829. The monoisotopic (exact) mass is 305 g/mol. The van der Waals surface area contributed by atoms with Crippen LogP contribution >= 0.6 is 0 Å². The number of rotatable bonds is 0. The molecule has 6 heteroatoms. The van der Waals surface area contributed by atoms with Crippen molar-refractivity contribution in [2.45, 2.75) is 41.5 Å². The average Bonchev–Trinajstić information content (AvgIpc) is 2.90. The van der Waals surface area contributed by atoms with Crippen molar-refractivity contribution in [2.75, 3.05) is 0 Å². The predicted octanol–water partition coefficient (Wildman–Crippen LogP) is 2.61. The second-order valence-corrected chi connectivity index (χ2v) is 5.56. The molecule has 1 radical (unpaired) electrons. The summed E-state index contributed by atoms with van der Waals surface area (Å²) in [4.78, 5) is 15.7. The summed E-state index contributed by atoms with van der Waals surface area (Å²) in [5.41, 5.74) is 4.67. The van der Waals surface area contributed by atoms with Crippen LogP contribution in [-0.4, -0.2) is 39.5 Å². The molecule has 2 aromatic rings. The number of hydrogen-bond acceptors (Lipinski definition) is 4. The molecule has 0 aliphatic carbocycles. The zero-order valence-corrected chi connectivity index (χ0v) is 14.8. The summed E-state index contributed by atoms with van der Waals surface area (Å²) in [6.45, 7) is 14.1. The van der Waals surface area contributed by atoms with E-state index in [1.807, 2.05) is 46.3 Å². The number of hydrogen-bond donors (Lipinski definition) is 0. The first-order valence-electron chi connectivity index (χ1n) is 7.57. The van der Waals surface area contributed by atoms with Crippen molar-refractivity contribution < 1.29 is 0 Å². The molecule has 0 atom stereocenters. The van der Waals surface area contributed by atoms with E-state index in [1.54, 1.807) is 6.33 Å². The fourth-order valence-electron chi connectivity index (χ4n) is 1.64. The fraction of sp³-hybridized carbons (Fsp3) is 0.353. The second kappa shape index (κ2) is 9.82. The van der Waals surface area contributed by atoms with Gasteiger partial charge in [0.15, 0.2) is 0 Å². The SMILES string of the molecule is CC1=BC=C(C)[B]1.Cc1cnc(C)nc1.Cc1cncnc1C. The van der Waals surface area contributed by atoms with Crippen molar-refractivity contribution in [1.29, 1.82) is 0 Å². The third-order valence-corrected chi connectivity index (χ3v) is 3.13. The maximum absolute atomic E-state index is 3.97. The van der Waals surface area contributed by atoms with Gasteiger partial charge in [0.05, 0.1) is 0 Å². The zero-order valence-electron chi connectivity index (χ0n) is 14.8. The molecular weight excluding hydrogens is 282 g/mol. The van der Waals surface area contributed by atoms with Crippen LogP contribution in [0.5, 0.6) is 0 Å². The van der Waals surface area contributed by atoms with Gasteiger partial charge < -0.3 is 0 Å². The van der Waals surface area contributed by atoms with Crippen LogP contribution in [0.15, 0.2) is 36.4 Å². The molecule has 117 valence electrons. The van der Waals surface area contributed by atoms with Gasteiger partial charge >= 0.3 is 44.9 Å².